The normalized spacial score (nSPS) is 10.2. The summed E-state index contributed by atoms with van der Waals surface area (Å²) in [6.07, 6.45) is 0. The highest BCUT2D eigenvalue weighted by atomic mass is 35.5. The lowest BCUT2D eigenvalue weighted by Crippen LogP contribution is -2.26. The fourth-order valence-corrected chi connectivity index (χ4v) is 2.35. The Morgan fingerprint density at radius 3 is 2.40 bits per heavy atom. The number of benzene rings is 2. The van der Waals surface area contributed by atoms with E-state index in [9.17, 15) is 9.59 Å². The summed E-state index contributed by atoms with van der Waals surface area (Å²) in [5.74, 6) is -0.0650. The van der Waals surface area contributed by atoms with Crippen LogP contribution in [-0.2, 0) is 11.3 Å². The summed E-state index contributed by atoms with van der Waals surface area (Å²) >= 11 is 5.86. The van der Waals surface area contributed by atoms with Crippen LogP contribution in [0.4, 0.5) is 0 Å². The van der Waals surface area contributed by atoms with E-state index >= 15 is 0 Å². The molecule has 2 N–H and O–H groups in total. The first-order valence-electron chi connectivity index (χ1n) is 7.49. The summed E-state index contributed by atoms with van der Waals surface area (Å²) in [6.45, 7) is 0.179. The predicted molar refractivity (Wildman–Crippen MR) is 94.9 cm³/mol. The molecule has 6 nitrogen and oxygen atoms in total. The first kappa shape index (κ1) is 18.6. The Hall–Kier alpha value is -2.73. The average Bonchev–Trinajstić information content (AvgIpc) is 2.61. The van der Waals surface area contributed by atoms with Crippen molar-refractivity contribution in [1.29, 1.82) is 0 Å². The maximum atomic E-state index is 12.6. The van der Waals surface area contributed by atoms with Gasteiger partial charge in [0.25, 0.3) is 11.8 Å². The Balaban J connectivity index is 2.12. The maximum Gasteiger partial charge on any atom is 0.255 e. The Morgan fingerprint density at radius 2 is 1.80 bits per heavy atom. The van der Waals surface area contributed by atoms with Gasteiger partial charge < -0.3 is 20.1 Å². The number of nitrogens with two attached hydrogens (primary N) is 1. The minimum Gasteiger partial charge on any atom is -0.493 e. The second-order valence-corrected chi connectivity index (χ2v) is 5.84. The van der Waals surface area contributed by atoms with Gasteiger partial charge >= 0.3 is 0 Å². The molecule has 0 saturated carbocycles. The van der Waals surface area contributed by atoms with Crippen molar-refractivity contribution in [3.63, 3.8) is 0 Å². The van der Waals surface area contributed by atoms with Gasteiger partial charge in [-0.15, -0.1) is 0 Å². The van der Waals surface area contributed by atoms with Crippen LogP contribution in [0.3, 0.4) is 0 Å². The molecule has 0 aliphatic rings. The lowest BCUT2D eigenvalue weighted by molar-refractivity contribution is -0.119. The largest absolute Gasteiger partial charge is 0.493 e. The molecule has 2 rings (SSSR count). The Morgan fingerprint density at radius 1 is 1.12 bits per heavy atom. The number of methoxy groups -OCH3 is 1. The fourth-order valence-electron chi connectivity index (χ4n) is 2.22. The summed E-state index contributed by atoms with van der Waals surface area (Å²) < 4.78 is 10.5. The number of nitrogens with zero attached hydrogens (tertiary/aromatic N) is 1. The number of ether oxygens (including phenoxy) is 2. The molecule has 2 aromatic carbocycles. The Bertz CT molecular complexity index is 762. The smallest absolute Gasteiger partial charge is 0.255 e. The van der Waals surface area contributed by atoms with Gasteiger partial charge in [0.2, 0.25) is 0 Å². The molecule has 0 fully saturated rings. The zero-order valence-electron chi connectivity index (χ0n) is 14.0. The fraction of sp³-hybridized carbons (Fsp3) is 0.222. The van der Waals surface area contributed by atoms with Gasteiger partial charge in [0, 0.05) is 24.2 Å². The van der Waals surface area contributed by atoms with Gasteiger partial charge in [-0.05, 0) is 35.9 Å². The highest BCUT2D eigenvalue weighted by Crippen LogP contribution is 2.28. The molecular formula is C18H19ClN2O4. The van der Waals surface area contributed by atoms with E-state index in [-0.39, 0.29) is 12.5 Å². The molecular weight excluding hydrogens is 344 g/mol. The van der Waals surface area contributed by atoms with Gasteiger partial charge in [-0.1, -0.05) is 23.7 Å². The number of hydrogen-bond donors (Lipinski definition) is 1. The standard InChI is InChI=1S/C18H19ClN2O4/c1-21(10-12-3-6-14(19)7-4-12)18(23)13-5-8-15(16(9-13)24-2)25-11-17(20)22/h3-9H,10-11H2,1-2H3,(H2,20,22). The predicted octanol–water partition coefficient (Wildman–Crippen LogP) is 2.48. The quantitative estimate of drug-likeness (QED) is 0.820. The SMILES string of the molecule is COc1cc(C(=O)N(C)Cc2ccc(Cl)cc2)ccc1OCC(N)=O. The number of hydrogen-bond acceptors (Lipinski definition) is 4. The highest BCUT2D eigenvalue weighted by Gasteiger charge is 2.15. The highest BCUT2D eigenvalue weighted by molar-refractivity contribution is 6.30. The zero-order valence-corrected chi connectivity index (χ0v) is 14.7. The van der Waals surface area contributed by atoms with Crippen molar-refractivity contribution in [3.05, 3.63) is 58.6 Å². The molecule has 132 valence electrons. The number of halogens is 1. The maximum absolute atomic E-state index is 12.6. The van der Waals surface area contributed by atoms with Gasteiger partial charge in [-0.3, -0.25) is 9.59 Å². The van der Waals surface area contributed by atoms with Gasteiger partial charge in [0.15, 0.2) is 18.1 Å². The number of rotatable bonds is 7. The van der Waals surface area contributed by atoms with Crippen LogP contribution in [-0.4, -0.2) is 37.5 Å². The minimum absolute atomic E-state index is 0.172. The van der Waals surface area contributed by atoms with E-state index in [1.165, 1.54) is 7.11 Å². The summed E-state index contributed by atoms with van der Waals surface area (Å²) in [5, 5.41) is 0.647. The first-order chi connectivity index (χ1) is 11.9. The first-order valence-corrected chi connectivity index (χ1v) is 7.87. The number of primary amides is 1. The van der Waals surface area contributed by atoms with E-state index < -0.39 is 5.91 Å². The molecule has 0 bridgehead atoms. The molecule has 2 aromatic rings. The molecule has 0 unspecified atom stereocenters. The van der Waals surface area contributed by atoms with Crippen LogP contribution in [0.5, 0.6) is 11.5 Å². The van der Waals surface area contributed by atoms with Crippen molar-refractivity contribution in [2.45, 2.75) is 6.54 Å². The lowest BCUT2D eigenvalue weighted by atomic mass is 10.1. The molecule has 0 atom stereocenters. The van der Waals surface area contributed by atoms with Crippen molar-refractivity contribution in [2.75, 3.05) is 20.8 Å². The lowest BCUT2D eigenvalue weighted by Gasteiger charge is -2.18. The van der Waals surface area contributed by atoms with Crippen LogP contribution >= 0.6 is 11.6 Å². The van der Waals surface area contributed by atoms with Crippen LogP contribution in [0.25, 0.3) is 0 Å². The van der Waals surface area contributed by atoms with Crippen molar-refractivity contribution in [2.24, 2.45) is 5.73 Å². The van der Waals surface area contributed by atoms with Crippen molar-refractivity contribution in [1.82, 2.24) is 4.90 Å². The van der Waals surface area contributed by atoms with Crippen LogP contribution in [0, 0.1) is 0 Å². The van der Waals surface area contributed by atoms with Crippen molar-refractivity contribution >= 4 is 23.4 Å². The second-order valence-electron chi connectivity index (χ2n) is 5.41. The number of carbonyl (C=O) groups is 2. The number of amides is 2. The average molecular weight is 363 g/mol. The Labute approximate surface area is 151 Å². The van der Waals surface area contributed by atoms with Gasteiger partial charge in [-0.2, -0.15) is 0 Å². The summed E-state index contributed by atoms with van der Waals surface area (Å²) in [4.78, 5) is 25.0. The number of carbonyl (C=O) groups excluding carboxylic acids is 2. The van der Waals surface area contributed by atoms with E-state index in [1.807, 2.05) is 12.1 Å². The third-order valence-electron chi connectivity index (χ3n) is 3.46. The van der Waals surface area contributed by atoms with E-state index in [0.717, 1.165) is 5.56 Å². The molecule has 0 spiro atoms. The van der Waals surface area contributed by atoms with E-state index in [4.69, 9.17) is 26.8 Å². The third kappa shape index (κ3) is 5.12. The summed E-state index contributed by atoms with van der Waals surface area (Å²) in [5.41, 5.74) is 6.47. The van der Waals surface area contributed by atoms with Crippen LogP contribution in [0.1, 0.15) is 15.9 Å². The van der Waals surface area contributed by atoms with Crippen LogP contribution in [0.15, 0.2) is 42.5 Å². The summed E-state index contributed by atoms with van der Waals surface area (Å²) in [6, 6.07) is 12.1. The molecule has 0 aliphatic carbocycles. The topological polar surface area (TPSA) is 81.9 Å². The minimum atomic E-state index is -0.593. The summed E-state index contributed by atoms with van der Waals surface area (Å²) in [7, 11) is 3.17. The molecule has 0 saturated heterocycles. The van der Waals surface area contributed by atoms with Gasteiger partial charge in [0.05, 0.1) is 7.11 Å². The van der Waals surface area contributed by atoms with Crippen molar-refractivity contribution < 1.29 is 19.1 Å². The zero-order chi connectivity index (χ0) is 18.4. The molecule has 7 heteroatoms. The molecule has 0 heterocycles. The molecule has 0 radical (unpaired) electrons. The van der Waals surface area contributed by atoms with Crippen LogP contribution < -0.4 is 15.2 Å². The molecule has 0 aliphatic heterocycles. The van der Waals surface area contributed by atoms with E-state index in [1.54, 1.807) is 42.3 Å². The molecule has 0 aromatic heterocycles. The monoisotopic (exact) mass is 362 g/mol. The van der Waals surface area contributed by atoms with E-state index in [0.29, 0.717) is 28.6 Å². The third-order valence-corrected chi connectivity index (χ3v) is 3.71. The van der Waals surface area contributed by atoms with Gasteiger partial charge in [0.1, 0.15) is 0 Å². The van der Waals surface area contributed by atoms with Crippen LogP contribution in [0.2, 0.25) is 5.02 Å². The Kier molecular flexibility index (Phi) is 6.25. The molecule has 2 amide bonds. The molecule has 25 heavy (non-hydrogen) atoms. The van der Waals surface area contributed by atoms with Gasteiger partial charge in [-0.25, -0.2) is 0 Å². The van der Waals surface area contributed by atoms with E-state index in [2.05, 4.69) is 0 Å². The van der Waals surface area contributed by atoms with Crippen molar-refractivity contribution in [3.8, 4) is 11.5 Å². The second kappa shape index (κ2) is 8.39.